The molecule has 0 aromatic heterocycles. The SMILES string of the molecule is COc1cccc(N2CCN(C(=O)c3c(C)cc(C)cc3C)CC2)c1. The zero-order valence-corrected chi connectivity index (χ0v) is 15.5. The predicted octanol–water partition coefficient (Wildman–Crippen LogP) is 3.58. The van der Waals surface area contributed by atoms with Gasteiger partial charge < -0.3 is 14.5 Å². The van der Waals surface area contributed by atoms with Crippen molar-refractivity contribution in [2.75, 3.05) is 38.2 Å². The number of methoxy groups -OCH3 is 1. The van der Waals surface area contributed by atoms with Crippen LogP contribution in [0.3, 0.4) is 0 Å². The quantitative estimate of drug-likeness (QED) is 0.857. The molecule has 1 aliphatic heterocycles. The fourth-order valence-electron chi connectivity index (χ4n) is 3.65. The summed E-state index contributed by atoms with van der Waals surface area (Å²) in [5.41, 5.74) is 5.35. The number of carbonyl (C=O) groups is 1. The maximum absolute atomic E-state index is 13.0. The van der Waals surface area contributed by atoms with Crippen LogP contribution in [-0.4, -0.2) is 44.1 Å². The molecule has 2 aromatic carbocycles. The molecule has 4 nitrogen and oxygen atoms in total. The Labute approximate surface area is 150 Å². The first-order valence-corrected chi connectivity index (χ1v) is 8.75. The van der Waals surface area contributed by atoms with Crippen LogP contribution in [0.5, 0.6) is 5.75 Å². The van der Waals surface area contributed by atoms with Crippen molar-refractivity contribution in [2.24, 2.45) is 0 Å². The lowest BCUT2D eigenvalue weighted by atomic mass is 9.98. The van der Waals surface area contributed by atoms with Crippen molar-refractivity contribution in [3.63, 3.8) is 0 Å². The Morgan fingerprint density at radius 1 is 0.960 bits per heavy atom. The van der Waals surface area contributed by atoms with E-state index in [0.717, 1.165) is 54.3 Å². The molecule has 0 aliphatic carbocycles. The summed E-state index contributed by atoms with van der Waals surface area (Å²) in [7, 11) is 1.68. The van der Waals surface area contributed by atoms with Crippen molar-refractivity contribution in [2.45, 2.75) is 20.8 Å². The van der Waals surface area contributed by atoms with Gasteiger partial charge in [-0.25, -0.2) is 0 Å². The third-order valence-corrected chi connectivity index (χ3v) is 4.88. The second-order valence-corrected chi connectivity index (χ2v) is 6.75. The monoisotopic (exact) mass is 338 g/mol. The highest BCUT2D eigenvalue weighted by molar-refractivity contribution is 5.97. The van der Waals surface area contributed by atoms with Crippen LogP contribution in [0, 0.1) is 20.8 Å². The van der Waals surface area contributed by atoms with Gasteiger partial charge in [0, 0.05) is 43.5 Å². The minimum atomic E-state index is 0.153. The van der Waals surface area contributed by atoms with Crippen LogP contribution in [0.15, 0.2) is 36.4 Å². The third-order valence-electron chi connectivity index (χ3n) is 4.88. The number of rotatable bonds is 3. The number of hydrogen-bond donors (Lipinski definition) is 0. The third kappa shape index (κ3) is 3.63. The minimum Gasteiger partial charge on any atom is -0.497 e. The molecule has 1 amide bonds. The summed E-state index contributed by atoms with van der Waals surface area (Å²) < 4.78 is 5.31. The van der Waals surface area contributed by atoms with Crippen molar-refractivity contribution in [3.8, 4) is 5.75 Å². The van der Waals surface area contributed by atoms with Crippen LogP contribution in [0.1, 0.15) is 27.0 Å². The molecule has 132 valence electrons. The van der Waals surface area contributed by atoms with Gasteiger partial charge in [-0.2, -0.15) is 0 Å². The smallest absolute Gasteiger partial charge is 0.254 e. The summed E-state index contributed by atoms with van der Waals surface area (Å²) in [6.07, 6.45) is 0. The summed E-state index contributed by atoms with van der Waals surface area (Å²) >= 11 is 0. The summed E-state index contributed by atoms with van der Waals surface area (Å²) in [4.78, 5) is 17.3. The van der Waals surface area contributed by atoms with Gasteiger partial charge in [0.2, 0.25) is 0 Å². The van der Waals surface area contributed by atoms with E-state index in [4.69, 9.17) is 4.74 Å². The van der Waals surface area contributed by atoms with Crippen molar-refractivity contribution in [3.05, 3.63) is 58.7 Å². The number of hydrogen-bond acceptors (Lipinski definition) is 3. The van der Waals surface area contributed by atoms with Crippen LogP contribution in [0.4, 0.5) is 5.69 Å². The molecule has 4 heteroatoms. The van der Waals surface area contributed by atoms with Crippen LogP contribution >= 0.6 is 0 Å². The van der Waals surface area contributed by atoms with Gasteiger partial charge in [-0.05, 0) is 44.0 Å². The van der Waals surface area contributed by atoms with Crippen molar-refractivity contribution in [1.82, 2.24) is 4.90 Å². The van der Waals surface area contributed by atoms with E-state index in [0.29, 0.717) is 0 Å². The summed E-state index contributed by atoms with van der Waals surface area (Å²) in [6.45, 7) is 9.28. The van der Waals surface area contributed by atoms with E-state index in [1.165, 1.54) is 5.56 Å². The van der Waals surface area contributed by atoms with Crippen LogP contribution in [0.25, 0.3) is 0 Å². The van der Waals surface area contributed by atoms with Gasteiger partial charge in [0.1, 0.15) is 5.75 Å². The Morgan fingerprint density at radius 3 is 2.20 bits per heavy atom. The number of aryl methyl sites for hydroxylation is 3. The summed E-state index contributed by atoms with van der Waals surface area (Å²) in [6, 6.07) is 12.3. The maximum atomic E-state index is 13.0. The molecule has 0 N–H and O–H groups in total. The first-order chi connectivity index (χ1) is 12.0. The molecule has 1 saturated heterocycles. The summed E-state index contributed by atoms with van der Waals surface area (Å²) in [5, 5.41) is 0. The van der Waals surface area contributed by atoms with Gasteiger partial charge in [-0.1, -0.05) is 23.8 Å². The van der Waals surface area contributed by atoms with E-state index >= 15 is 0 Å². The summed E-state index contributed by atoms with van der Waals surface area (Å²) in [5.74, 6) is 1.02. The topological polar surface area (TPSA) is 32.8 Å². The Hall–Kier alpha value is -2.49. The average Bonchev–Trinajstić information content (AvgIpc) is 2.61. The number of piperazine rings is 1. The molecule has 0 saturated carbocycles. The standard InChI is InChI=1S/C21H26N2O2/c1-15-12-16(2)20(17(3)13-15)21(24)23-10-8-22(9-11-23)18-6-5-7-19(14-18)25-4/h5-7,12-14H,8-11H2,1-4H3. The predicted molar refractivity (Wildman–Crippen MR) is 102 cm³/mol. The Bertz CT molecular complexity index is 754. The highest BCUT2D eigenvalue weighted by Gasteiger charge is 2.24. The van der Waals surface area contributed by atoms with E-state index < -0.39 is 0 Å². The first-order valence-electron chi connectivity index (χ1n) is 8.75. The van der Waals surface area contributed by atoms with Gasteiger partial charge in [0.15, 0.2) is 0 Å². The molecule has 1 fully saturated rings. The second-order valence-electron chi connectivity index (χ2n) is 6.75. The number of carbonyl (C=O) groups excluding carboxylic acids is 1. The van der Waals surface area contributed by atoms with Gasteiger partial charge in [0.05, 0.1) is 7.11 Å². The zero-order chi connectivity index (χ0) is 18.0. The number of ether oxygens (including phenoxy) is 1. The lowest BCUT2D eigenvalue weighted by molar-refractivity contribution is 0.0745. The Kier molecular flexibility index (Phi) is 4.98. The number of anilines is 1. The largest absolute Gasteiger partial charge is 0.497 e. The van der Waals surface area contributed by atoms with Crippen molar-refractivity contribution >= 4 is 11.6 Å². The maximum Gasteiger partial charge on any atom is 0.254 e. The fraction of sp³-hybridized carbons (Fsp3) is 0.381. The Balaban J connectivity index is 1.71. The number of amides is 1. The van der Waals surface area contributed by atoms with Gasteiger partial charge in [0.25, 0.3) is 5.91 Å². The highest BCUT2D eigenvalue weighted by Crippen LogP contribution is 2.24. The molecule has 0 radical (unpaired) electrons. The van der Waals surface area contributed by atoms with E-state index in [1.54, 1.807) is 7.11 Å². The van der Waals surface area contributed by atoms with Crippen LogP contribution in [-0.2, 0) is 0 Å². The van der Waals surface area contributed by atoms with Crippen molar-refractivity contribution in [1.29, 1.82) is 0 Å². The van der Waals surface area contributed by atoms with Gasteiger partial charge in [-0.15, -0.1) is 0 Å². The first kappa shape index (κ1) is 17.3. The van der Waals surface area contributed by atoms with E-state index in [1.807, 2.05) is 36.9 Å². The number of benzene rings is 2. The molecule has 2 aromatic rings. The number of nitrogens with zero attached hydrogens (tertiary/aromatic N) is 2. The molecule has 1 heterocycles. The normalized spacial score (nSPS) is 14.6. The van der Waals surface area contributed by atoms with Gasteiger partial charge in [-0.3, -0.25) is 4.79 Å². The van der Waals surface area contributed by atoms with Crippen molar-refractivity contribution < 1.29 is 9.53 Å². The molecule has 0 unspecified atom stereocenters. The fourth-order valence-corrected chi connectivity index (χ4v) is 3.65. The zero-order valence-electron chi connectivity index (χ0n) is 15.5. The lowest BCUT2D eigenvalue weighted by Gasteiger charge is -2.36. The van der Waals surface area contributed by atoms with E-state index in [-0.39, 0.29) is 5.91 Å². The molecule has 0 bridgehead atoms. The molecule has 0 spiro atoms. The molecular formula is C21H26N2O2. The molecule has 0 atom stereocenters. The van der Waals surface area contributed by atoms with Crippen LogP contribution in [0.2, 0.25) is 0 Å². The van der Waals surface area contributed by atoms with E-state index in [9.17, 15) is 4.79 Å². The molecule has 3 rings (SSSR count). The van der Waals surface area contributed by atoms with E-state index in [2.05, 4.69) is 30.0 Å². The van der Waals surface area contributed by atoms with Crippen LogP contribution < -0.4 is 9.64 Å². The van der Waals surface area contributed by atoms with Gasteiger partial charge >= 0.3 is 0 Å². The molecule has 25 heavy (non-hydrogen) atoms. The second kappa shape index (κ2) is 7.18. The molecule has 1 aliphatic rings. The molecular weight excluding hydrogens is 312 g/mol. The average molecular weight is 338 g/mol. The highest BCUT2D eigenvalue weighted by atomic mass is 16.5. The minimum absolute atomic E-state index is 0.153. The lowest BCUT2D eigenvalue weighted by Crippen LogP contribution is -2.49. The Morgan fingerprint density at radius 2 is 1.60 bits per heavy atom.